The SMILES string of the molecule is CN(CCCCCO)c1cc(F)cc(C#N)c1. The first kappa shape index (κ1) is 13.5. The van der Waals surface area contributed by atoms with E-state index >= 15 is 0 Å². The zero-order valence-electron chi connectivity index (χ0n) is 9.99. The molecule has 0 fully saturated rings. The third-order valence-electron chi connectivity index (χ3n) is 2.60. The summed E-state index contributed by atoms with van der Waals surface area (Å²) in [4.78, 5) is 1.92. The van der Waals surface area contributed by atoms with E-state index in [1.54, 1.807) is 6.07 Å². The van der Waals surface area contributed by atoms with Crippen LogP contribution in [0.2, 0.25) is 0 Å². The van der Waals surface area contributed by atoms with Gasteiger partial charge >= 0.3 is 0 Å². The summed E-state index contributed by atoms with van der Waals surface area (Å²) in [5.41, 5.74) is 1.05. The van der Waals surface area contributed by atoms with Crippen LogP contribution in [0.3, 0.4) is 0 Å². The predicted octanol–water partition coefficient (Wildman–Crippen LogP) is 2.30. The highest BCUT2D eigenvalue weighted by Crippen LogP contribution is 2.17. The van der Waals surface area contributed by atoms with Gasteiger partial charge in [-0.05, 0) is 37.5 Å². The van der Waals surface area contributed by atoms with E-state index in [9.17, 15) is 4.39 Å². The van der Waals surface area contributed by atoms with Crippen molar-refractivity contribution in [2.75, 3.05) is 25.1 Å². The number of benzene rings is 1. The molecule has 1 N–H and O–H groups in total. The second kappa shape index (κ2) is 6.87. The Morgan fingerprint density at radius 2 is 2.06 bits per heavy atom. The molecular weight excluding hydrogens is 219 g/mol. The monoisotopic (exact) mass is 236 g/mol. The first-order valence-electron chi connectivity index (χ1n) is 5.70. The molecule has 0 heterocycles. The molecule has 3 nitrogen and oxygen atoms in total. The Morgan fingerprint density at radius 1 is 1.29 bits per heavy atom. The molecule has 0 aliphatic heterocycles. The normalized spacial score (nSPS) is 10.0. The molecule has 92 valence electrons. The van der Waals surface area contributed by atoms with E-state index < -0.39 is 0 Å². The van der Waals surface area contributed by atoms with Crippen LogP contribution in [-0.4, -0.2) is 25.3 Å². The van der Waals surface area contributed by atoms with Crippen molar-refractivity contribution < 1.29 is 9.50 Å². The second-order valence-corrected chi connectivity index (χ2v) is 4.02. The van der Waals surface area contributed by atoms with E-state index in [1.165, 1.54) is 12.1 Å². The highest BCUT2D eigenvalue weighted by Gasteiger charge is 2.04. The molecule has 0 aromatic heterocycles. The number of nitriles is 1. The van der Waals surface area contributed by atoms with E-state index in [4.69, 9.17) is 10.4 Å². The molecule has 0 saturated carbocycles. The summed E-state index contributed by atoms with van der Waals surface area (Å²) >= 11 is 0. The molecule has 0 aliphatic rings. The van der Waals surface area contributed by atoms with Crippen LogP contribution in [0.5, 0.6) is 0 Å². The van der Waals surface area contributed by atoms with Crippen LogP contribution in [0.4, 0.5) is 10.1 Å². The minimum Gasteiger partial charge on any atom is -0.396 e. The molecule has 1 rings (SSSR count). The summed E-state index contributed by atoms with van der Waals surface area (Å²) in [6, 6.07) is 6.26. The van der Waals surface area contributed by atoms with E-state index in [-0.39, 0.29) is 12.4 Å². The maximum atomic E-state index is 13.2. The number of unbranched alkanes of at least 4 members (excludes halogenated alkanes) is 2. The van der Waals surface area contributed by atoms with Crippen LogP contribution < -0.4 is 4.90 Å². The van der Waals surface area contributed by atoms with Crippen LogP contribution in [-0.2, 0) is 0 Å². The zero-order chi connectivity index (χ0) is 12.7. The number of halogens is 1. The summed E-state index contributed by atoms with van der Waals surface area (Å²) in [6.07, 6.45) is 2.68. The second-order valence-electron chi connectivity index (χ2n) is 4.02. The Balaban J connectivity index is 2.59. The Morgan fingerprint density at radius 3 is 2.71 bits per heavy atom. The molecule has 0 radical (unpaired) electrons. The highest BCUT2D eigenvalue weighted by atomic mass is 19.1. The number of hydrogen-bond acceptors (Lipinski definition) is 3. The van der Waals surface area contributed by atoms with Gasteiger partial charge in [-0.1, -0.05) is 0 Å². The molecule has 1 aromatic carbocycles. The minimum atomic E-state index is -0.388. The number of anilines is 1. The van der Waals surface area contributed by atoms with Crippen molar-refractivity contribution in [2.24, 2.45) is 0 Å². The van der Waals surface area contributed by atoms with Crippen molar-refractivity contribution in [1.82, 2.24) is 0 Å². The largest absolute Gasteiger partial charge is 0.396 e. The first-order chi connectivity index (χ1) is 8.17. The fraction of sp³-hybridized carbons (Fsp3) is 0.462. The molecule has 0 aliphatic carbocycles. The number of nitrogens with zero attached hydrogens (tertiary/aromatic N) is 2. The third kappa shape index (κ3) is 4.41. The predicted molar refractivity (Wildman–Crippen MR) is 65.3 cm³/mol. The molecule has 17 heavy (non-hydrogen) atoms. The molecule has 0 atom stereocenters. The van der Waals surface area contributed by atoms with Gasteiger partial charge in [0.1, 0.15) is 5.82 Å². The van der Waals surface area contributed by atoms with Crippen molar-refractivity contribution in [3.63, 3.8) is 0 Å². The zero-order valence-corrected chi connectivity index (χ0v) is 9.99. The lowest BCUT2D eigenvalue weighted by molar-refractivity contribution is 0.283. The lowest BCUT2D eigenvalue weighted by atomic mass is 10.2. The Hall–Kier alpha value is -1.60. The average molecular weight is 236 g/mol. The summed E-state index contributed by atoms with van der Waals surface area (Å²) in [5, 5.41) is 17.4. The van der Waals surface area contributed by atoms with Crippen molar-refractivity contribution >= 4 is 5.69 Å². The molecule has 4 heteroatoms. The van der Waals surface area contributed by atoms with Crippen molar-refractivity contribution in [3.8, 4) is 6.07 Å². The quantitative estimate of drug-likeness (QED) is 0.771. The third-order valence-corrected chi connectivity index (χ3v) is 2.60. The first-order valence-corrected chi connectivity index (χ1v) is 5.70. The molecule has 0 bridgehead atoms. The summed E-state index contributed by atoms with van der Waals surface area (Å²) < 4.78 is 13.2. The van der Waals surface area contributed by atoms with E-state index in [1.807, 2.05) is 18.0 Å². The lowest BCUT2D eigenvalue weighted by Gasteiger charge is -2.19. The van der Waals surface area contributed by atoms with Gasteiger partial charge in [0.25, 0.3) is 0 Å². The number of hydrogen-bond donors (Lipinski definition) is 1. The molecule has 0 unspecified atom stereocenters. The van der Waals surface area contributed by atoms with Crippen molar-refractivity contribution in [2.45, 2.75) is 19.3 Å². The van der Waals surface area contributed by atoms with Gasteiger partial charge in [-0.25, -0.2) is 4.39 Å². The van der Waals surface area contributed by atoms with E-state index in [0.29, 0.717) is 11.3 Å². The van der Waals surface area contributed by atoms with Gasteiger partial charge < -0.3 is 10.0 Å². The van der Waals surface area contributed by atoms with Gasteiger partial charge in [0.2, 0.25) is 0 Å². The van der Waals surface area contributed by atoms with Crippen LogP contribution >= 0.6 is 0 Å². The van der Waals surface area contributed by atoms with Crippen molar-refractivity contribution in [1.29, 1.82) is 5.26 Å². The Kier molecular flexibility index (Phi) is 5.44. The van der Waals surface area contributed by atoms with Gasteiger partial charge in [-0.3, -0.25) is 0 Å². The number of aliphatic hydroxyl groups is 1. The summed E-state index contributed by atoms with van der Waals surface area (Å²) in [7, 11) is 1.87. The topological polar surface area (TPSA) is 47.3 Å². The van der Waals surface area contributed by atoms with Crippen LogP contribution in [0, 0.1) is 17.1 Å². The van der Waals surface area contributed by atoms with E-state index in [2.05, 4.69) is 0 Å². The van der Waals surface area contributed by atoms with Gasteiger partial charge in [0.15, 0.2) is 0 Å². The van der Waals surface area contributed by atoms with Gasteiger partial charge in [-0.15, -0.1) is 0 Å². The van der Waals surface area contributed by atoms with Crippen molar-refractivity contribution in [3.05, 3.63) is 29.6 Å². The highest BCUT2D eigenvalue weighted by molar-refractivity contribution is 5.51. The molecule has 1 aromatic rings. The Labute approximate surface area is 101 Å². The van der Waals surface area contributed by atoms with E-state index in [0.717, 1.165) is 25.8 Å². The molecule has 0 saturated heterocycles. The smallest absolute Gasteiger partial charge is 0.126 e. The number of rotatable bonds is 6. The Bertz CT molecular complexity index is 401. The van der Waals surface area contributed by atoms with Gasteiger partial charge in [0, 0.05) is 25.9 Å². The maximum absolute atomic E-state index is 13.2. The minimum absolute atomic E-state index is 0.211. The lowest BCUT2D eigenvalue weighted by Crippen LogP contribution is -2.18. The molecule has 0 amide bonds. The van der Waals surface area contributed by atoms with Crippen LogP contribution in [0.15, 0.2) is 18.2 Å². The fourth-order valence-electron chi connectivity index (χ4n) is 1.63. The summed E-state index contributed by atoms with van der Waals surface area (Å²) in [6.45, 7) is 0.997. The molecular formula is C13H17FN2O. The maximum Gasteiger partial charge on any atom is 0.126 e. The summed E-state index contributed by atoms with van der Waals surface area (Å²) in [5.74, 6) is -0.388. The average Bonchev–Trinajstić information content (AvgIpc) is 2.33. The van der Waals surface area contributed by atoms with Crippen LogP contribution in [0.1, 0.15) is 24.8 Å². The fourth-order valence-corrected chi connectivity index (χ4v) is 1.63. The number of aliphatic hydroxyl groups excluding tert-OH is 1. The van der Waals surface area contributed by atoms with Crippen LogP contribution in [0.25, 0.3) is 0 Å². The standard InChI is InChI=1S/C13H17FN2O/c1-16(5-3-2-4-6-17)13-8-11(10-15)7-12(14)9-13/h7-9,17H,2-6H2,1H3. The van der Waals surface area contributed by atoms with Gasteiger partial charge in [0.05, 0.1) is 11.6 Å². The molecule has 0 spiro atoms. The van der Waals surface area contributed by atoms with Gasteiger partial charge in [-0.2, -0.15) is 5.26 Å².